The summed E-state index contributed by atoms with van der Waals surface area (Å²) in [7, 11) is 1.65. The first-order valence-electron chi connectivity index (χ1n) is 5.16. The van der Waals surface area contributed by atoms with Gasteiger partial charge in [0.15, 0.2) is 0 Å². The third-order valence-corrected chi connectivity index (χ3v) is 3.22. The normalized spacial score (nSPS) is 18.4. The summed E-state index contributed by atoms with van der Waals surface area (Å²) in [6.07, 6.45) is 0. The Hall–Kier alpha value is -1.06. The van der Waals surface area contributed by atoms with Crippen molar-refractivity contribution in [3.8, 4) is 5.75 Å². The molecule has 0 aliphatic carbocycles. The molecule has 0 unspecified atom stereocenters. The Kier molecular flexibility index (Phi) is 2.44. The van der Waals surface area contributed by atoms with Gasteiger partial charge in [-0.2, -0.15) is 0 Å². The second-order valence-corrected chi connectivity index (χ2v) is 4.22. The van der Waals surface area contributed by atoms with Gasteiger partial charge in [0, 0.05) is 18.7 Å². The van der Waals surface area contributed by atoms with Crippen LogP contribution < -0.4 is 10.1 Å². The van der Waals surface area contributed by atoms with Crippen LogP contribution in [-0.2, 0) is 5.60 Å². The van der Waals surface area contributed by atoms with Crippen LogP contribution in [0.2, 0.25) is 0 Å². The van der Waals surface area contributed by atoms with Crippen molar-refractivity contribution in [1.29, 1.82) is 0 Å². The lowest BCUT2D eigenvalue weighted by molar-refractivity contribution is -0.0165. The van der Waals surface area contributed by atoms with Gasteiger partial charge in [-0.05, 0) is 25.0 Å². The van der Waals surface area contributed by atoms with Crippen molar-refractivity contribution in [2.24, 2.45) is 0 Å². The summed E-state index contributed by atoms with van der Waals surface area (Å²) in [5.41, 5.74) is 2.44. The predicted molar refractivity (Wildman–Crippen MR) is 59.2 cm³/mol. The number of hydrogen-bond donors (Lipinski definition) is 2. The van der Waals surface area contributed by atoms with E-state index in [-0.39, 0.29) is 0 Å². The first-order valence-corrected chi connectivity index (χ1v) is 5.16. The number of methoxy groups -OCH3 is 1. The van der Waals surface area contributed by atoms with Crippen molar-refractivity contribution in [2.75, 3.05) is 20.2 Å². The maximum Gasteiger partial charge on any atom is 0.128 e. The van der Waals surface area contributed by atoms with Crippen LogP contribution in [-0.4, -0.2) is 25.3 Å². The lowest BCUT2D eigenvalue weighted by Gasteiger charge is -2.39. The van der Waals surface area contributed by atoms with E-state index in [0.29, 0.717) is 13.1 Å². The van der Waals surface area contributed by atoms with E-state index >= 15 is 0 Å². The van der Waals surface area contributed by atoms with Gasteiger partial charge in [-0.15, -0.1) is 0 Å². The molecule has 0 bridgehead atoms. The average Bonchev–Trinajstić information content (AvgIpc) is 2.18. The molecule has 0 saturated carbocycles. The van der Waals surface area contributed by atoms with Gasteiger partial charge in [-0.3, -0.25) is 0 Å². The Bertz CT molecular complexity index is 383. The molecule has 1 fully saturated rings. The first-order chi connectivity index (χ1) is 7.08. The molecule has 2 N–H and O–H groups in total. The molecule has 1 aliphatic heterocycles. The van der Waals surface area contributed by atoms with Gasteiger partial charge in [0.1, 0.15) is 11.4 Å². The highest BCUT2D eigenvalue weighted by molar-refractivity contribution is 5.49. The topological polar surface area (TPSA) is 41.5 Å². The molecule has 3 nitrogen and oxygen atoms in total. The molecule has 1 heterocycles. The van der Waals surface area contributed by atoms with Crippen molar-refractivity contribution >= 4 is 0 Å². The number of aryl methyl sites for hydroxylation is 1. The van der Waals surface area contributed by atoms with E-state index in [4.69, 9.17) is 4.74 Å². The standard InChI is InChI=1S/C12H17NO2/c1-8-4-5-10(11(15-3)9(8)2)12(14)6-13-7-12/h4-5,13-14H,6-7H2,1-3H3. The first kappa shape index (κ1) is 10.5. The summed E-state index contributed by atoms with van der Waals surface area (Å²) in [5, 5.41) is 13.3. The molecular weight excluding hydrogens is 190 g/mol. The van der Waals surface area contributed by atoms with Crippen molar-refractivity contribution in [3.63, 3.8) is 0 Å². The van der Waals surface area contributed by atoms with E-state index in [1.54, 1.807) is 7.11 Å². The Morgan fingerprint density at radius 2 is 2.00 bits per heavy atom. The Labute approximate surface area is 90.1 Å². The largest absolute Gasteiger partial charge is 0.496 e. The summed E-state index contributed by atoms with van der Waals surface area (Å²) in [6.45, 7) is 5.27. The van der Waals surface area contributed by atoms with Gasteiger partial charge >= 0.3 is 0 Å². The van der Waals surface area contributed by atoms with Crippen LogP contribution in [0.15, 0.2) is 12.1 Å². The van der Waals surface area contributed by atoms with E-state index in [9.17, 15) is 5.11 Å². The molecule has 1 aromatic carbocycles. The molecular formula is C12H17NO2. The van der Waals surface area contributed by atoms with E-state index < -0.39 is 5.60 Å². The summed E-state index contributed by atoms with van der Waals surface area (Å²) >= 11 is 0. The van der Waals surface area contributed by atoms with Gasteiger partial charge in [0.2, 0.25) is 0 Å². The molecule has 82 valence electrons. The zero-order valence-electron chi connectivity index (χ0n) is 9.42. The molecule has 1 aromatic rings. The number of nitrogens with one attached hydrogen (secondary N) is 1. The third-order valence-electron chi connectivity index (χ3n) is 3.22. The van der Waals surface area contributed by atoms with Crippen molar-refractivity contribution in [3.05, 3.63) is 28.8 Å². The zero-order valence-corrected chi connectivity index (χ0v) is 9.42. The Morgan fingerprint density at radius 1 is 1.33 bits per heavy atom. The lowest BCUT2D eigenvalue weighted by Crippen LogP contribution is -2.56. The van der Waals surface area contributed by atoms with Crippen molar-refractivity contribution in [1.82, 2.24) is 5.32 Å². The van der Waals surface area contributed by atoms with E-state index in [0.717, 1.165) is 16.9 Å². The number of aliphatic hydroxyl groups is 1. The van der Waals surface area contributed by atoms with E-state index in [1.165, 1.54) is 5.56 Å². The number of β-amino-alcohol motifs (C(OH)–C–C–N with tert-alkyl or cyclic N) is 1. The fourth-order valence-corrected chi connectivity index (χ4v) is 1.97. The predicted octanol–water partition coefficient (Wildman–Crippen LogP) is 1.10. The lowest BCUT2D eigenvalue weighted by atomic mass is 9.85. The maximum atomic E-state index is 10.3. The summed E-state index contributed by atoms with van der Waals surface area (Å²) in [5.74, 6) is 0.819. The fraction of sp³-hybridized carbons (Fsp3) is 0.500. The molecule has 0 spiro atoms. The fourth-order valence-electron chi connectivity index (χ4n) is 1.97. The van der Waals surface area contributed by atoms with Crippen LogP contribution in [0.1, 0.15) is 16.7 Å². The average molecular weight is 207 g/mol. The van der Waals surface area contributed by atoms with Crippen LogP contribution >= 0.6 is 0 Å². The van der Waals surface area contributed by atoms with Crippen molar-refractivity contribution < 1.29 is 9.84 Å². The minimum atomic E-state index is -0.746. The van der Waals surface area contributed by atoms with Crippen LogP contribution in [0.3, 0.4) is 0 Å². The highest BCUT2D eigenvalue weighted by atomic mass is 16.5. The molecule has 0 amide bonds. The second-order valence-electron chi connectivity index (χ2n) is 4.22. The highest BCUT2D eigenvalue weighted by Gasteiger charge is 2.38. The van der Waals surface area contributed by atoms with Gasteiger partial charge in [-0.1, -0.05) is 12.1 Å². The molecule has 2 rings (SSSR count). The third kappa shape index (κ3) is 1.52. The molecule has 0 radical (unpaired) electrons. The number of benzene rings is 1. The number of rotatable bonds is 2. The van der Waals surface area contributed by atoms with Crippen LogP contribution in [0.5, 0.6) is 5.75 Å². The summed E-state index contributed by atoms with van der Waals surface area (Å²) in [4.78, 5) is 0. The van der Waals surface area contributed by atoms with Gasteiger partial charge in [0.25, 0.3) is 0 Å². The number of ether oxygens (including phenoxy) is 1. The summed E-state index contributed by atoms with van der Waals surface area (Å²) in [6, 6.07) is 3.99. The van der Waals surface area contributed by atoms with Crippen LogP contribution in [0.25, 0.3) is 0 Å². The van der Waals surface area contributed by atoms with E-state index in [1.807, 2.05) is 26.0 Å². The Balaban J connectivity index is 2.52. The minimum Gasteiger partial charge on any atom is -0.496 e. The van der Waals surface area contributed by atoms with Gasteiger partial charge in [0.05, 0.1) is 7.11 Å². The van der Waals surface area contributed by atoms with Gasteiger partial charge in [-0.25, -0.2) is 0 Å². The number of hydrogen-bond acceptors (Lipinski definition) is 3. The molecule has 1 aliphatic rings. The van der Waals surface area contributed by atoms with Crippen LogP contribution in [0, 0.1) is 13.8 Å². The SMILES string of the molecule is COc1c(C2(O)CNC2)ccc(C)c1C. The van der Waals surface area contributed by atoms with Gasteiger partial charge < -0.3 is 15.2 Å². The van der Waals surface area contributed by atoms with Crippen molar-refractivity contribution in [2.45, 2.75) is 19.4 Å². The van der Waals surface area contributed by atoms with Crippen LogP contribution in [0.4, 0.5) is 0 Å². The molecule has 0 aromatic heterocycles. The quantitative estimate of drug-likeness (QED) is 0.763. The monoisotopic (exact) mass is 207 g/mol. The Morgan fingerprint density at radius 3 is 2.47 bits per heavy atom. The molecule has 15 heavy (non-hydrogen) atoms. The zero-order chi connectivity index (χ0) is 11.1. The highest BCUT2D eigenvalue weighted by Crippen LogP contribution is 2.36. The molecule has 0 atom stereocenters. The minimum absolute atomic E-state index is 0.603. The smallest absolute Gasteiger partial charge is 0.128 e. The second kappa shape index (κ2) is 3.51. The van der Waals surface area contributed by atoms with E-state index in [2.05, 4.69) is 5.32 Å². The molecule has 3 heteroatoms. The molecule has 1 saturated heterocycles. The summed E-state index contributed by atoms with van der Waals surface area (Å²) < 4.78 is 5.39. The maximum absolute atomic E-state index is 10.3.